The number of aryl methyl sites for hydroxylation is 1. The van der Waals surface area contributed by atoms with Crippen LogP contribution >= 0.6 is 0 Å². The van der Waals surface area contributed by atoms with E-state index in [2.05, 4.69) is 30.2 Å². The van der Waals surface area contributed by atoms with Crippen molar-refractivity contribution in [3.8, 4) is 0 Å². The van der Waals surface area contributed by atoms with Gasteiger partial charge in [0.2, 0.25) is 5.95 Å². The van der Waals surface area contributed by atoms with Gasteiger partial charge in [-0.1, -0.05) is 0 Å². The normalized spacial score (nSPS) is 18.6. The molecule has 1 N–H and O–H groups in total. The maximum absolute atomic E-state index is 4.61. The molecule has 0 amide bonds. The summed E-state index contributed by atoms with van der Waals surface area (Å²) in [7, 11) is 1.89. The van der Waals surface area contributed by atoms with E-state index < -0.39 is 0 Å². The maximum Gasteiger partial charge on any atom is 0.225 e. The SMILES string of the molecule is CNc1cc(C)nc(C2CCCN(c3ncccn3)C2)n1. The molecule has 1 unspecified atom stereocenters. The summed E-state index contributed by atoms with van der Waals surface area (Å²) in [5, 5.41) is 3.10. The molecule has 0 radical (unpaired) electrons. The zero-order valence-corrected chi connectivity index (χ0v) is 12.5. The fourth-order valence-electron chi connectivity index (χ4n) is 2.73. The van der Waals surface area contributed by atoms with Crippen LogP contribution < -0.4 is 10.2 Å². The van der Waals surface area contributed by atoms with Crippen molar-refractivity contribution in [2.75, 3.05) is 30.4 Å². The molecule has 2 aromatic rings. The number of nitrogens with one attached hydrogen (secondary N) is 1. The first kappa shape index (κ1) is 13.7. The average molecular weight is 284 g/mol. The maximum atomic E-state index is 4.61. The van der Waals surface area contributed by atoms with Gasteiger partial charge >= 0.3 is 0 Å². The molecule has 0 aliphatic carbocycles. The summed E-state index contributed by atoms with van der Waals surface area (Å²) >= 11 is 0. The van der Waals surface area contributed by atoms with Crippen LogP contribution in [0.15, 0.2) is 24.5 Å². The van der Waals surface area contributed by atoms with E-state index in [0.29, 0.717) is 5.92 Å². The highest BCUT2D eigenvalue weighted by Gasteiger charge is 2.25. The van der Waals surface area contributed by atoms with Gasteiger partial charge in [0.15, 0.2) is 0 Å². The number of anilines is 2. The van der Waals surface area contributed by atoms with E-state index in [9.17, 15) is 0 Å². The molecule has 1 atom stereocenters. The van der Waals surface area contributed by atoms with Crippen LogP contribution in [0.4, 0.5) is 11.8 Å². The summed E-state index contributed by atoms with van der Waals surface area (Å²) in [6.45, 7) is 3.87. The van der Waals surface area contributed by atoms with E-state index >= 15 is 0 Å². The second-order valence-electron chi connectivity index (χ2n) is 5.34. The Balaban J connectivity index is 1.81. The molecule has 1 fully saturated rings. The second-order valence-corrected chi connectivity index (χ2v) is 5.34. The minimum atomic E-state index is 0.328. The predicted molar refractivity (Wildman–Crippen MR) is 82.5 cm³/mol. The van der Waals surface area contributed by atoms with Crippen LogP contribution in [0, 0.1) is 6.92 Å². The molecule has 1 aliphatic rings. The van der Waals surface area contributed by atoms with Crippen molar-refractivity contribution in [3.63, 3.8) is 0 Å². The van der Waals surface area contributed by atoms with Gasteiger partial charge in [-0.25, -0.2) is 19.9 Å². The van der Waals surface area contributed by atoms with Crippen molar-refractivity contribution in [2.45, 2.75) is 25.7 Å². The van der Waals surface area contributed by atoms with E-state index in [-0.39, 0.29) is 0 Å². The van der Waals surface area contributed by atoms with Gasteiger partial charge in [0.1, 0.15) is 11.6 Å². The van der Waals surface area contributed by atoms with Crippen molar-refractivity contribution in [3.05, 3.63) is 36.0 Å². The number of hydrogen-bond donors (Lipinski definition) is 1. The standard InChI is InChI=1S/C15H20N6/c1-11-9-13(16-2)20-14(19-11)12-5-3-8-21(10-12)15-17-6-4-7-18-15/h4,6-7,9,12H,3,5,8,10H2,1-2H3,(H,16,19,20). The number of nitrogens with zero attached hydrogens (tertiary/aromatic N) is 5. The molecule has 1 aliphatic heterocycles. The molecule has 3 rings (SSSR count). The number of hydrogen-bond acceptors (Lipinski definition) is 6. The van der Waals surface area contributed by atoms with Crippen LogP contribution in [0.3, 0.4) is 0 Å². The highest BCUT2D eigenvalue weighted by Crippen LogP contribution is 2.27. The zero-order chi connectivity index (χ0) is 14.7. The molecule has 2 aromatic heterocycles. The van der Waals surface area contributed by atoms with Gasteiger partial charge < -0.3 is 10.2 Å². The van der Waals surface area contributed by atoms with Gasteiger partial charge in [0.25, 0.3) is 0 Å². The number of rotatable bonds is 3. The molecular weight excluding hydrogens is 264 g/mol. The van der Waals surface area contributed by atoms with Crippen LogP contribution in [0.5, 0.6) is 0 Å². The van der Waals surface area contributed by atoms with Crippen molar-refractivity contribution in [1.29, 1.82) is 0 Å². The first-order valence-electron chi connectivity index (χ1n) is 7.31. The Bertz CT molecular complexity index is 600. The molecule has 1 saturated heterocycles. The molecule has 0 bridgehead atoms. The molecule has 110 valence electrons. The molecule has 21 heavy (non-hydrogen) atoms. The Kier molecular flexibility index (Phi) is 3.94. The van der Waals surface area contributed by atoms with Gasteiger partial charge in [-0.05, 0) is 25.8 Å². The van der Waals surface area contributed by atoms with Gasteiger partial charge in [0.05, 0.1) is 0 Å². The third-order valence-electron chi connectivity index (χ3n) is 3.75. The van der Waals surface area contributed by atoms with Crippen LogP contribution in [0.2, 0.25) is 0 Å². The van der Waals surface area contributed by atoms with Crippen LogP contribution in [-0.4, -0.2) is 40.1 Å². The number of piperidine rings is 1. The van der Waals surface area contributed by atoms with Gasteiger partial charge in [-0.15, -0.1) is 0 Å². The minimum absolute atomic E-state index is 0.328. The van der Waals surface area contributed by atoms with Crippen molar-refractivity contribution in [1.82, 2.24) is 19.9 Å². The Hall–Kier alpha value is -2.24. The van der Waals surface area contributed by atoms with Crippen LogP contribution in [0.25, 0.3) is 0 Å². The van der Waals surface area contributed by atoms with Gasteiger partial charge in [-0.2, -0.15) is 0 Å². The summed E-state index contributed by atoms with van der Waals surface area (Å²) in [6.07, 6.45) is 5.79. The smallest absolute Gasteiger partial charge is 0.225 e. The molecular formula is C15H20N6. The summed E-state index contributed by atoms with van der Waals surface area (Å²) in [6, 6.07) is 3.80. The molecule has 6 nitrogen and oxygen atoms in total. The van der Waals surface area contributed by atoms with Gasteiger partial charge in [-0.3, -0.25) is 0 Å². The second kappa shape index (κ2) is 6.03. The molecule has 0 saturated carbocycles. The highest BCUT2D eigenvalue weighted by molar-refractivity contribution is 5.36. The fraction of sp³-hybridized carbons (Fsp3) is 0.467. The first-order chi connectivity index (χ1) is 10.3. The Morgan fingerprint density at radius 1 is 1.24 bits per heavy atom. The van der Waals surface area contributed by atoms with Crippen LogP contribution in [-0.2, 0) is 0 Å². The Morgan fingerprint density at radius 2 is 2.05 bits per heavy atom. The Morgan fingerprint density at radius 3 is 2.81 bits per heavy atom. The zero-order valence-electron chi connectivity index (χ0n) is 12.5. The summed E-state index contributed by atoms with van der Waals surface area (Å²) in [5.41, 5.74) is 0.998. The van der Waals surface area contributed by atoms with E-state index in [1.165, 1.54) is 0 Å². The number of aromatic nitrogens is 4. The molecule has 3 heterocycles. The molecule has 6 heteroatoms. The van der Waals surface area contributed by atoms with Crippen molar-refractivity contribution >= 4 is 11.8 Å². The van der Waals surface area contributed by atoms with Gasteiger partial charge in [0, 0.05) is 50.2 Å². The lowest BCUT2D eigenvalue weighted by molar-refractivity contribution is 0.485. The summed E-state index contributed by atoms with van der Waals surface area (Å²) < 4.78 is 0. The third kappa shape index (κ3) is 3.09. The topological polar surface area (TPSA) is 66.8 Å². The lowest BCUT2D eigenvalue weighted by atomic mass is 9.97. The first-order valence-corrected chi connectivity index (χ1v) is 7.31. The van der Waals surface area contributed by atoms with Crippen molar-refractivity contribution < 1.29 is 0 Å². The summed E-state index contributed by atoms with van der Waals surface area (Å²) in [4.78, 5) is 20.1. The largest absolute Gasteiger partial charge is 0.373 e. The monoisotopic (exact) mass is 284 g/mol. The Labute approximate surface area is 124 Å². The van der Waals surface area contributed by atoms with E-state index in [1.54, 1.807) is 12.4 Å². The van der Waals surface area contributed by atoms with Crippen molar-refractivity contribution in [2.24, 2.45) is 0 Å². The predicted octanol–water partition coefficient (Wildman–Crippen LogP) is 2.00. The molecule has 0 aromatic carbocycles. The third-order valence-corrected chi connectivity index (χ3v) is 3.75. The van der Waals surface area contributed by atoms with E-state index in [0.717, 1.165) is 49.2 Å². The van der Waals surface area contributed by atoms with E-state index in [1.807, 2.05) is 26.1 Å². The highest BCUT2D eigenvalue weighted by atomic mass is 15.3. The lowest BCUT2D eigenvalue weighted by Gasteiger charge is -2.32. The molecule has 0 spiro atoms. The summed E-state index contributed by atoms with van der Waals surface area (Å²) in [5.74, 6) is 2.92. The average Bonchev–Trinajstić information content (AvgIpc) is 2.55. The lowest BCUT2D eigenvalue weighted by Crippen LogP contribution is -2.36. The van der Waals surface area contributed by atoms with E-state index in [4.69, 9.17) is 0 Å². The quantitative estimate of drug-likeness (QED) is 0.930. The van der Waals surface area contributed by atoms with Crippen LogP contribution in [0.1, 0.15) is 30.3 Å². The minimum Gasteiger partial charge on any atom is -0.373 e. The fourth-order valence-corrected chi connectivity index (χ4v) is 2.73.